The summed E-state index contributed by atoms with van der Waals surface area (Å²) in [6.45, 7) is 2.20. The second-order valence-electron chi connectivity index (χ2n) is 9.44. The van der Waals surface area contributed by atoms with Crippen molar-refractivity contribution in [3.63, 3.8) is 0 Å². The molecule has 0 saturated heterocycles. The van der Waals surface area contributed by atoms with Gasteiger partial charge in [0.25, 0.3) is 5.56 Å². The molecule has 4 nitrogen and oxygen atoms in total. The highest BCUT2D eigenvalue weighted by Crippen LogP contribution is 2.40. The average Bonchev–Trinajstić information content (AvgIpc) is 2.75. The molecule has 2 aromatic carbocycles. The number of H-pyrrole nitrogens is 1. The highest BCUT2D eigenvalue weighted by molar-refractivity contribution is 6.32. The zero-order valence-corrected chi connectivity index (χ0v) is 19.6. The van der Waals surface area contributed by atoms with Crippen molar-refractivity contribution in [3.05, 3.63) is 75.7 Å². The van der Waals surface area contributed by atoms with E-state index in [1.165, 1.54) is 5.56 Å². The fourth-order valence-corrected chi connectivity index (χ4v) is 5.52. The van der Waals surface area contributed by atoms with Crippen molar-refractivity contribution >= 4 is 22.4 Å². The molecule has 4 rings (SSSR count). The summed E-state index contributed by atoms with van der Waals surface area (Å²) >= 11 is 6.57. The molecule has 1 aromatic heterocycles. The lowest BCUT2D eigenvalue weighted by Crippen LogP contribution is -2.46. The van der Waals surface area contributed by atoms with E-state index in [2.05, 4.69) is 42.2 Å². The first-order valence-corrected chi connectivity index (χ1v) is 12.1. The number of aromatic amines is 1. The van der Waals surface area contributed by atoms with Crippen LogP contribution < -0.4 is 16.0 Å². The maximum absolute atomic E-state index is 12.1. The van der Waals surface area contributed by atoms with Gasteiger partial charge >= 0.3 is 0 Å². The van der Waals surface area contributed by atoms with Gasteiger partial charge in [-0.05, 0) is 80.5 Å². The molecule has 32 heavy (non-hydrogen) atoms. The molecule has 1 aliphatic carbocycles. The molecular weight excluding hydrogens is 420 g/mol. The van der Waals surface area contributed by atoms with Gasteiger partial charge in [0.15, 0.2) is 0 Å². The van der Waals surface area contributed by atoms with Gasteiger partial charge in [0.1, 0.15) is 11.4 Å². The predicted octanol–water partition coefficient (Wildman–Crippen LogP) is 6.39. The molecule has 0 bridgehead atoms. The van der Waals surface area contributed by atoms with Crippen LogP contribution in [0.1, 0.15) is 63.9 Å². The number of pyridine rings is 1. The number of hydrogen-bond donors (Lipinski definition) is 2. The van der Waals surface area contributed by atoms with E-state index in [1.807, 2.05) is 12.1 Å². The van der Waals surface area contributed by atoms with Crippen LogP contribution in [0.25, 0.3) is 10.8 Å². The third-order valence-corrected chi connectivity index (χ3v) is 7.17. The summed E-state index contributed by atoms with van der Waals surface area (Å²) in [6.07, 6.45) is 10.5. The third-order valence-electron chi connectivity index (χ3n) is 6.87. The van der Waals surface area contributed by atoms with E-state index in [4.69, 9.17) is 22.1 Å². The van der Waals surface area contributed by atoms with Gasteiger partial charge in [0.2, 0.25) is 0 Å². The van der Waals surface area contributed by atoms with Crippen LogP contribution in [0.15, 0.2) is 59.5 Å². The molecule has 0 spiro atoms. The Morgan fingerprint density at radius 3 is 2.47 bits per heavy atom. The molecule has 0 radical (unpaired) electrons. The van der Waals surface area contributed by atoms with Crippen molar-refractivity contribution < 1.29 is 4.74 Å². The summed E-state index contributed by atoms with van der Waals surface area (Å²) < 4.78 is 6.70. The molecule has 1 heterocycles. The molecule has 0 amide bonds. The Labute approximate surface area is 195 Å². The van der Waals surface area contributed by atoms with E-state index < -0.39 is 0 Å². The highest BCUT2D eigenvalue weighted by Gasteiger charge is 2.36. The van der Waals surface area contributed by atoms with Gasteiger partial charge in [-0.3, -0.25) is 4.79 Å². The minimum atomic E-state index is -0.249. The second-order valence-corrected chi connectivity index (χ2v) is 9.85. The summed E-state index contributed by atoms with van der Waals surface area (Å²) in [6, 6.07) is 16.1. The number of fused-ring (bicyclic) bond motifs is 1. The largest absolute Gasteiger partial charge is 0.486 e. The SMILES string of the molecule is CCCC1(Oc2cc3cc[nH]c(=O)c3cc2Cl)CCCC(N)(Cc2ccccc2)CCC1. The van der Waals surface area contributed by atoms with E-state index in [1.54, 1.807) is 12.3 Å². The molecule has 0 aliphatic heterocycles. The van der Waals surface area contributed by atoms with Crippen molar-refractivity contribution in [2.24, 2.45) is 5.73 Å². The van der Waals surface area contributed by atoms with E-state index in [0.29, 0.717) is 16.2 Å². The van der Waals surface area contributed by atoms with Gasteiger partial charge in [0, 0.05) is 17.1 Å². The monoisotopic (exact) mass is 452 g/mol. The van der Waals surface area contributed by atoms with E-state index in [9.17, 15) is 4.79 Å². The van der Waals surface area contributed by atoms with Crippen molar-refractivity contribution in [2.45, 2.75) is 75.9 Å². The molecule has 1 aliphatic rings. The lowest BCUT2D eigenvalue weighted by molar-refractivity contribution is 0.0255. The molecule has 3 aromatic rings. The highest BCUT2D eigenvalue weighted by atomic mass is 35.5. The summed E-state index contributed by atoms with van der Waals surface area (Å²) in [4.78, 5) is 14.8. The van der Waals surface area contributed by atoms with Crippen molar-refractivity contribution in [3.8, 4) is 5.75 Å². The van der Waals surface area contributed by atoms with Gasteiger partial charge in [-0.1, -0.05) is 55.3 Å². The molecule has 0 atom stereocenters. The summed E-state index contributed by atoms with van der Waals surface area (Å²) in [5.41, 5.74) is 7.64. The lowest BCUT2D eigenvalue weighted by Gasteiger charge is -2.40. The van der Waals surface area contributed by atoms with Gasteiger partial charge in [-0.25, -0.2) is 0 Å². The molecular formula is C27H33ClN2O2. The van der Waals surface area contributed by atoms with Gasteiger partial charge in [-0.15, -0.1) is 0 Å². The molecule has 170 valence electrons. The quantitative estimate of drug-likeness (QED) is 0.455. The van der Waals surface area contributed by atoms with Crippen LogP contribution in [-0.4, -0.2) is 16.1 Å². The minimum absolute atomic E-state index is 0.136. The first-order valence-electron chi connectivity index (χ1n) is 11.7. The number of rotatable bonds is 6. The topological polar surface area (TPSA) is 68.1 Å². The first kappa shape index (κ1) is 22.9. The zero-order valence-electron chi connectivity index (χ0n) is 18.8. The molecule has 1 fully saturated rings. The van der Waals surface area contributed by atoms with E-state index >= 15 is 0 Å². The minimum Gasteiger partial charge on any atom is -0.486 e. The maximum atomic E-state index is 12.1. The van der Waals surface area contributed by atoms with Crippen LogP contribution in [0, 0.1) is 0 Å². The Morgan fingerprint density at radius 1 is 1.06 bits per heavy atom. The van der Waals surface area contributed by atoms with Crippen LogP contribution in [0.3, 0.4) is 0 Å². The Kier molecular flexibility index (Phi) is 6.92. The van der Waals surface area contributed by atoms with E-state index in [0.717, 1.165) is 63.2 Å². The number of halogens is 1. The Hall–Kier alpha value is -2.30. The summed E-state index contributed by atoms with van der Waals surface area (Å²) in [5, 5.41) is 1.92. The Morgan fingerprint density at radius 2 is 1.78 bits per heavy atom. The lowest BCUT2D eigenvalue weighted by atomic mass is 9.75. The van der Waals surface area contributed by atoms with E-state index in [-0.39, 0.29) is 16.7 Å². The summed E-state index contributed by atoms with van der Waals surface area (Å²) in [7, 11) is 0. The van der Waals surface area contributed by atoms with Crippen LogP contribution in [0.5, 0.6) is 5.75 Å². The van der Waals surface area contributed by atoms with Crippen molar-refractivity contribution in [1.29, 1.82) is 0 Å². The number of hydrogen-bond acceptors (Lipinski definition) is 3. The second kappa shape index (κ2) is 9.68. The van der Waals surface area contributed by atoms with Crippen molar-refractivity contribution in [1.82, 2.24) is 4.98 Å². The number of nitrogens with one attached hydrogen (secondary N) is 1. The number of nitrogens with two attached hydrogens (primary N) is 1. The maximum Gasteiger partial charge on any atom is 0.255 e. The zero-order chi connectivity index (χ0) is 22.6. The standard InChI is InChI=1S/C27H33ClN2O2/c1-2-11-27(32-24-17-21-10-16-30-25(31)22(21)18-23(24)28)14-6-12-26(29,13-7-15-27)19-20-8-4-3-5-9-20/h3-5,8-10,16-18H,2,6-7,11-15,19,29H2,1H3,(H,30,31). The average molecular weight is 453 g/mol. The molecule has 0 unspecified atom stereocenters. The number of ether oxygens (including phenoxy) is 1. The fourth-order valence-electron chi connectivity index (χ4n) is 5.31. The molecule has 1 saturated carbocycles. The Balaban J connectivity index is 1.53. The summed E-state index contributed by atoms with van der Waals surface area (Å²) in [5.74, 6) is 0.669. The smallest absolute Gasteiger partial charge is 0.255 e. The number of benzene rings is 2. The van der Waals surface area contributed by atoms with Gasteiger partial charge in [0.05, 0.1) is 5.02 Å². The normalized spacial score (nSPS) is 24.1. The Bertz CT molecular complexity index is 1100. The predicted molar refractivity (Wildman–Crippen MR) is 133 cm³/mol. The number of aromatic nitrogens is 1. The van der Waals surface area contributed by atoms with Crippen LogP contribution >= 0.6 is 11.6 Å². The van der Waals surface area contributed by atoms with Crippen LogP contribution in [0.4, 0.5) is 0 Å². The van der Waals surface area contributed by atoms with Crippen LogP contribution in [-0.2, 0) is 6.42 Å². The first-order chi connectivity index (χ1) is 15.4. The van der Waals surface area contributed by atoms with Gasteiger partial charge in [-0.2, -0.15) is 0 Å². The molecule has 3 N–H and O–H groups in total. The fraction of sp³-hybridized carbons (Fsp3) is 0.444. The molecule has 5 heteroatoms. The van der Waals surface area contributed by atoms with Crippen LogP contribution in [0.2, 0.25) is 5.02 Å². The third kappa shape index (κ3) is 5.19. The van der Waals surface area contributed by atoms with Crippen molar-refractivity contribution in [2.75, 3.05) is 0 Å². The van der Waals surface area contributed by atoms with Gasteiger partial charge < -0.3 is 15.5 Å².